The lowest BCUT2D eigenvalue weighted by Crippen LogP contribution is -2.43. The number of benzene rings is 1. The third-order valence-electron chi connectivity index (χ3n) is 9.48. The summed E-state index contributed by atoms with van der Waals surface area (Å²) < 4.78 is 85.7. The molecule has 43 heavy (non-hydrogen) atoms. The van der Waals surface area contributed by atoms with Crippen LogP contribution >= 0.6 is 11.6 Å². The smallest absolute Gasteiger partial charge is 0.418 e. The van der Waals surface area contributed by atoms with Crippen molar-refractivity contribution < 1.29 is 31.4 Å². The molecule has 1 saturated carbocycles. The van der Waals surface area contributed by atoms with Crippen LogP contribution in [0.15, 0.2) is 12.1 Å². The second kappa shape index (κ2) is 10.2. The molecule has 0 bridgehead atoms. The van der Waals surface area contributed by atoms with Crippen molar-refractivity contribution >= 4 is 34.0 Å². The number of ether oxygens (including phenoxy) is 2. The lowest BCUT2D eigenvalue weighted by atomic mass is 9.95. The van der Waals surface area contributed by atoms with Crippen LogP contribution in [0.3, 0.4) is 0 Å². The largest absolute Gasteiger partial charge is 0.477 e. The van der Waals surface area contributed by atoms with Crippen LogP contribution in [0.4, 0.5) is 33.5 Å². The molecule has 2 saturated heterocycles. The molecule has 0 spiro atoms. The molecule has 2 aromatic heterocycles. The summed E-state index contributed by atoms with van der Waals surface area (Å²) >= 11 is 6.00. The number of anilines is 2. The fourth-order valence-electron chi connectivity index (χ4n) is 7.52. The van der Waals surface area contributed by atoms with Gasteiger partial charge < -0.3 is 20.1 Å². The highest BCUT2D eigenvalue weighted by Crippen LogP contribution is 2.47. The summed E-state index contributed by atoms with van der Waals surface area (Å²) in [6.45, 7) is 1.42. The minimum absolute atomic E-state index is 0.0393. The van der Waals surface area contributed by atoms with Gasteiger partial charge in [-0.2, -0.15) is 23.1 Å². The third kappa shape index (κ3) is 4.70. The summed E-state index contributed by atoms with van der Waals surface area (Å²) in [5.74, 6) is -0.804. The van der Waals surface area contributed by atoms with Crippen LogP contribution < -0.4 is 20.1 Å². The number of fused-ring (bicyclic) bond motifs is 2. The first kappa shape index (κ1) is 28.6. The molecular weight excluding hydrogens is 595 g/mol. The molecule has 14 heteroatoms. The molecule has 3 fully saturated rings. The fourth-order valence-corrected chi connectivity index (χ4v) is 7.86. The maximum absolute atomic E-state index is 16.5. The molecule has 1 aromatic carbocycles. The number of hydrogen-bond donors (Lipinski definition) is 1. The van der Waals surface area contributed by atoms with Gasteiger partial charge >= 0.3 is 12.2 Å². The van der Waals surface area contributed by atoms with Gasteiger partial charge in [-0.25, -0.2) is 13.8 Å². The molecule has 4 atom stereocenters. The molecule has 0 radical (unpaired) electrons. The monoisotopic (exact) mass is 624 g/mol. The lowest BCUT2D eigenvalue weighted by Gasteiger charge is -2.34. The van der Waals surface area contributed by atoms with Crippen molar-refractivity contribution in [1.29, 1.82) is 0 Å². The maximum Gasteiger partial charge on any atom is 0.418 e. The Morgan fingerprint density at radius 1 is 1.19 bits per heavy atom. The van der Waals surface area contributed by atoms with E-state index in [9.17, 15) is 17.6 Å². The average molecular weight is 625 g/mol. The Morgan fingerprint density at radius 2 is 2.00 bits per heavy atom. The number of nitrogens with two attached hydrogens (primary N) is 1. The third-order valence-corrected chi connectivity index (χ3v) is 9.78. The molecule has 4 aliphatic rings. The Bertz CT molecular complexity index is 1610. The number of hydrogen-bond acceptors (Lipinski definition) is 8. The van der Waals surface area contributed by atoms with E-state index in [-0.39, 0.29) is 53.7 Å². The highest BCUT2D eigenvalue weighted by Gasteiger charge is 2.49. The van der Waals surface area contributed by atoms with E-state index in [2.05, 4.69) is 19.9 Å². The lowest BCUT2D eigenvalue weighted by molar-refractivity contribution is -0.137. The van der Waals surface area contributed by atoms with E-state index < -0.39 is 45.5 Å². The minimum Gasteiger partial charge on any atom is -0.477 e. The van der Waals surface area contributed by atoms with Gasteiger partial charge in [0.1, 0.15) is 35.2 Å². The number of halogens is 6. The summed E-state index contributed by atoms with van der Waals surface area (Å²) in [4.78, 5) is 17.3. The number of nitrogens with zero attached hydrogens (tertiary/aromatic N) is 5. The van der Waals surface area contributed by atoms with Crippen molar-refractivity contribution in [2.45, 2.75) is 62.5 Å². The van der Waals surface area contributed by atoms with Crippen molar-refractivity contribution in [1.82, 2.24) is 19.9 Å². The van der Waals surface area contributed by atoms with Crippen LogP contribution in [0.5, 0.6) is 11.9 Å². The first-order valence-corrected chi connectivity index (χ1v) is 14.8. The molecule has 8 nitrogen and oxygen atoms in total. The van der Waals surface area contributed by atoms with Crippen molar-refractivity contribution in [3.63, 3.8) is 0 Å². The second-order valence-corrected chi connectivity index (χ2v) is 12.5. The number of aromatic nitrogens is 3. The normalized spacial score (nSPS) is 27.1. The van der Waals surface area contributed by atoms with Crippen LogP contribution in [-0.4, -0.2) is 71.0 Å². The van der Waals surface area contributed by atoms with Gasteiger partial charge in [0.05, 0.1) is 22.7 Å². The number of pyridine rings is 1. The van der Waals surface area contributed by atoms with E-state index in [1.807, 2.05) is 11.9 Å². The highest BCUT2D eigenvalue weighted by molar-refractivity contribution is 6.32. The zero-order valence-corrected chi connectivity index (χ0v) is 24.1. The molecule has 0 amide bonds. The number of alkyl halides is 4. The van der Waals surface area contributed by atoms with Gasteiger partial charge in [-0.3, -0.25) is 4.90 Å². The second-order valence-electron chi connectivity index (χ2n) is 12.1. The van der Waals surface area contributed by atoms with E-state index >= 15 is 4.39 Å². The topological polar surface area (TPSA) is 89.6 Å². The molecule has 3 aromatic rings. The van der Waals surface area contributed by atoms with Crippen molar-refractivity contribution in [2.75, 3.05) is 44.0 Å². The standard InChI is InChI=1S/C29H30ClF5N6O2/c1-40-19-5-2-4-14(19)12-42-26-20-24(22(32)23(37-26)17-8-16(36)9-18(30)21(17)29(33,34)35)38-27(39-25(20)40)43-13-28-6-3-7-41(28)11-15(31)10-28/h8-9,14-15,19H,2-7,10-13,36H2,1H3/t14?,15-,19?,28+/m1/s1. The zero-order chi connectivity index (χ0) is 30.3. The Morgan fingerprint density at radius 3 is 2.79 bits per heavy atom. The summed E-state index contributed by atoms with van der Waals surface area (Å²) in [7, 11) is 1.84. The van der Waals surface area contributed by atoms with Crippen LogP contribution in [-0.2, 0) is 6.18 Å². The predicted molar refractivity (Wildman–Crippen MR) is 151 cm³/mol. The van der Waals surface area contributed by atoms with Gasteiger partial charge in [0.25, 0.3) is 0 Å². The van der Waals surface area contributed by atoms with Gasteiger partial charge in [-0.15, -0.1) is 0 Å². The Labute approximate surface area is 249 Å². The maximum atomic E-state index is 16.5. The average Bonchev–Trinajstić information content (AvgIpc) is 3.63. The highest BCUT2D eigenvalue weighted by atomic mass is 35.5. The summed E-state index contributed by atoms with van der Waals surface area (Å²) in [5.41, 5.74) is 2.40. The van der Waals surface area contributed by atoms with Gasteiger partial charge in [0, 0.05) is 43.2 Å². The van der Waals surface area contributed by atoms with E-state index in [4.69, 9.17) is 26.8 Å². The van der Waals surface area contributed by atoms with Gasteiger partial charge in [0.2, 0.25) is 5.88 Å². The first-order valence-electron chi connectivity index (χ1n) is 14.4. The van der Waals surface area contributed by atoms with E-state index in [1.165, 1.54) is 0 Å². The molecule has 2 N–H and O–H groups in total. The quantitative estimate of drug-likeness (QED) is 0.278. The van der Waals surface area contributed by atoms with Crippen LogP contribution in [0.1, 0.15) is 44.1 Å². The molecule has 7 rings (SSSR count). The Hall–Kier alpha value is -3.19. The number of nitrogen functional groups attached to an aromatic ring is 1. The summed E-state index contributed by atoms with van der Waals surface area (Å²) in [6.07, 6.45) is -1.25. The summed E-state index contributed by atoms with van der Waals surface area (Å²) in [5, 5.41) is -0.549. The van der Waals surface area contributed by atoms with Crippen LogP contribution in [0.2, 0.25) is 5.02 Å². The fraction of sp³-hybridized carbons (Fsp3) is 0.552. The number of rotatable bonds is 4. The molecule has 3 aliphatic heterocycles. The Kier molecular flexibility index (Phi) is 6.77. The molecular formula is C29H30ClF5N6O2. The van der Waals surface area contributed by atoms with E-state index in [1.54, 1.807) is 0 Å². The Balaban J connectivity index is 1.41. The van der Waals surface area contributed by atoms with Crippen molar-refractivity contribution in [2.24, 2.45) is 5.92 Å². The minimum atomic E-state index is -4.93. The van der Waals surface area contributed by atoms with E-state index in [0.717, 1.165) is 50.8 Å². The van der Waals surface area contributed by atoms with Crippen molar-refractivity contribution in [3.05, 3.63) is 28.5 Å². The molecule has 2 unspecified atom stereocenters. The SMILES string of the molecule is CN1c2nc(OC[C@@]34CCCN3C[C@H](F)C4)nc3c(F)c(-c4cc(N)cc(Cl)c4C(F)(F)F)nc(c23)OCC2CCCC21. The van der Waals surface area contributed by atoms with Crippen LogP contribution in [0.25, 0.3) is 22.2 Å². The first-order chi connectivity index (χ1) is 20.4. The molecule has 5 heterocycles. The van der Waals surface area contributed by atoms with E-state index in [0.29, 0.717) is 18.8 Å². The molecule has 230 valence electrons. The van der Waals surface area contributed by atoms with Gasteiger partial charge in [0.15, 0.2) is 5.82 Å². The predicted octanol–water partition coefficient (Wildman–Crippen LogP) is 6.04. The van der Waals surface area contributed by atoms with Gasteiger partial charge in [-0.05, 0) is 44.4 Å². The van der Waals surface area contributed by atoms with Crippen molar-refractivity contribution in [3.8, 4) is 23.1 Å². The summed E-state index contributed by atoms with van der Waals surface area (Å²) in [6, 6.07) is 1.83. The van der Waals surface area contributed by atoms with Gasteiger partial charge in [-0.1, -0.05) is 18.0 Å². The zero-order valence-electron chi connectivity index (χ0n) is 23.4. The molecule has 1 aliphatic carbocycles. The van der Waals surface area contributed by atoms with Crippen LogP contribution in [0, 0.1) is 11.7 Å².